The lowest BCUT2D eigenvalue weighted by Gasteiger charge is -2.24. The number of allylic oxidation sites excluding steroid dienone is 4. The minimum atomic E-state index is 0.619. The van der Waals surface area contributed by atoms with E-state index in [1.807, 2.05) is 0 Å². The van der Waals surface area contributed by atoms with Gasteiger partial charge < -0.3 is 10.1 Å². The summed E-state index contributed by atoms with van der Waals surface area (Å²) in [4.78, 5) is 0. The fraction of sp³-hybridized carbons (Fsp3) is 0.571. The maximum absolute atomic E-state index is 5.50. The molecule has 2 atom stereocenters. The summed E-state index contributed by atoms with van der Waals surface area (Å²) in [7, 11) is 1.78. The highest BCUT2D eigenvalue weighted by atomic mass is 16.5. The summed E-state index contributed by atoms with van der Waals surface area (Å²) in [6.45, 7) is 3.25. The molecule has 0 unspecified atom stereocenters. The van der Waals surface area contributed by atoms with Crippen molar-refractivity contribution in [3.05, 3.63) is 34.6 Å². The lowest BCUT2D eigenvalue weighted by molar-refractivity contribution is 0.299. The predicted molar refractivity (Wildman–Crippen MR) is 65.0 cm³/mol. The van der Waals surface area contributed by atoms with Gasteiger partial charge in [0, 0.05) is 18.2 Å². The summed E-state index contributed by atoms with van der Waals surface area (Å²) in [6.07, 6.45) is 8.37. The first-order chi connectivity index (χ1) is 7.79. The van der Waals surface area contributed by atoms with E-state index in [1.165, 1.54) is 30.4 Å². The average Bonchev–Trinajstić information content (AvgIpc) is 2.55. The largest absolute Gasteiger partial charge is 0.496 e. The summed E-state index contributed by atoms with van der Waals surface area (Å²) in [5.74, 6) is 1.82. The molecule has 0 fully saturated rings. The van der Waals surface area contributed by atoms with E-state index in [1.54, 1.807) is 12.7 Å². The Kier molecular flexibility index (Phi) is 2.40. The molecule has 0 saturated carbocycles. The van der Waals surface area contributed by atoms with Crippen LogP contribution in [0.2, 0.25) is 0 Å². The molecule has 16 heavy (non-hydrogen) atoms. The summed E-state index contributed by atoms with van der Waals surface area (Å²) < 4.78 is 5.50. The molecule has 0 saturated heterocycles. The van der Waals surface area contributed by atoms with Gasteiger partial charge in [-0.1, -0.05) is 6.08 Å². The highest BCUT2D eigenvalue weighted by molar-refractivity contribution is 5.59. The Balaban J connectivity index is 2.05. The van der Waals surface area contributed by atoms with Crippen molar-refractivity contribution in [2.45, 2.75) is 32.2 Å². The number of ether oxygens (including phenoxy) is 1. The van der Waals surface area contributed by atoms with Gasteiger partial charge in [-0.3, -0.25) is 0 Å². The van der Waals surface area contributed by atoms with Crippen LogP contribution in [-0.4, -0.2) is 19.7 Å². The maximum atomic E-state index is 5.50. The van der Waals surface area contributed by atoms with E-state index in [2.05, 4.69) is 24.4 Å². The van der Waals surface area contributed by atoms with Crippen molar-refractivity contribution in [1.82, 2.24) is 5.32 Å². The monoisotopic (exact) mass is 217 g/mol. The minimum absolute atomic E-state index is 0.619. The van der Waals surface area contributed by atoms with Crippen molar-refractivity contribution in [2.24, 2.45) is 5.92 Å². The molecular weight excluding hydrogens is 198 g/mol. The number of rotatable bonds is 1. The van der Waals surface area contributed by atoms with Gasteiger partial charge in [-0.25, -0.2) is 0 Å². The van der Waals surface area contributed by atoms with Gasteiger partial charge in [-0.05, 0) is 49.3 Å². The Morgan fingerprint density at radius 1 is 1.44 bits per heavy atom. The van der Waals surface area contributed by atoms with Crippen LogP contribution in [0.1, 0.15) is 26.2 Å². The van der Waals surface area contributed by atoms with Crippen LogP contribution >= 0.6 is 0 Å². The Hall–Kier alpha value is -1.02. The molecule has 2 aliphatic carbocycles. The average molecular weight is 217 g/mol. The second-order valence-electron chi connectivity index (χ2n) is 5.06. The smallest absolute Gasteiger partial charge is 0.124 e. The van der Waals surface area contributed by atoms with E-state index in [9.17, 15) is 0 Å². The number of hydrogen-bond donors (Lipinski definition) is 1. The molecule has 1 aliphatic heterocycles. The lowest BCUT2D eigenvalue weighted by atomic mass is 9.81. The zero-order valence-corrected chi connectivity index (χ0v) is 10.0. The third kappa shape index (κ3) is 1.44. The molecule has 86 valence electrons. The second-order valence-corrected chi connectivity index (χ2v) is 5.06. The van der Waals surface area contributed by atoms with Crippen molar-refractivity contribution >= 4 is 0 Å². The second kappa shape index (κ2) is 3.77. The van der Waals surface area contributed by atoms with E-state index >= 15 is 0 Å². The molecule has 1 heterocycles. The van der Waals surface area contributed by atoms with Gasteiger partial charge in [-0.15, -0.1) is 0 Å². The zero-order valence-electron chi connectivity index (χ0n) is 10.0. The van der Waals surface area contributed by atoms with Crippen LogP contribution in [0.25, 0.3) is 0 Å². The van der Waals surface area contributed by atoms with Crippen LogP contribution in [0.3, 0.4) is 0 Å². The van der Waals surface area contributed by atoms with E-state index in [-0.39, 0.29) is 0 Å². The first kappa shape index (κ1) is 10.2. The molecule has 0 radical (unpaired) electrons. The van der Waals surface area contributed by atoms with Gasteiger partial charge in [0.25, 0.3) is 0 Å². The first-order valence-corrected chi connectivity index (χ1v) is 6.22. The minimum Gasteiger partial charge on any atom is -0.496 e. The number of nitrogens with one attached hydrogen (secondary N) is 1. The van der Waals surface area contributed by atoms with Crippen LogP contribution in [0.15, 0.2) is 34.6 Å². The molecule has 3 rings (SSSR count). The zero-order chi connectivity index (χ0) is 11.1. The molecule has 3 aliphatic rings. The highest BCUT2D eigenvalue weighted by Gasteiger charge is 2.33. The summed E-state index contributed by atoms with van der Waals surface area (Å²) >= 11 is 0. The van der Waals surface area contributed by atoms with Gasteiger partial charge in [0.2, 0.25) is 0 Å². The van der Waals surface area contributed by atoms with Crippen LogP contribution < -0.4 is 5.32 Å². The molecule has 0 aromatic heterocycles. The fourth-order valence-corrected chi connectivity index (χ4v) is 3.23. The van der Waals surface area contributed by atoms with Crippen LogP contribution in [0.5, 0.6) is 0 Å². The Bertz CT molecular complexity index is 403. The van der Waals surface area contributed by atoms with Gasteiger partial charge >= 0.3 is 0 Å². The van der Waals surface area contributed by atoms with Crippen molar-refractivity contribution in [1.29, 1.82) is 0 Å². The predicted octanol–water partition coefficient (Wildman–Crippen LogP) is 2.55. The Morgan fingerprint density at radius 2 is 2.31 bits per heavy atom. The molecule has 1 N–H and O–H groups in total. The standard InChI is InChI=1S/C14H19NO/c1-9-6-10-4-3-5-11-7-13(16-2)12(8-15-9)14(10)11/h5,7,9-10,15H,3-4,6,8H2,1-2H3/t9-,10+/m0/s1. The van der Waals surface area contributed by atoms with Crippen molar-refractivity contribution in [3.8, 4) is 0 Å². The topological polar surface area (TPSA) is 21.3 Å². The maximum Gasteiger partial charge on any atom is 0.124 e. The van der Waals surface area contributed by atoms with Gasteiger partial charge in [-0.2, -0.15) is 0 Å². The van der Waals surface area contributed by atoms with Crippen molar-refractivity contribution in [3.63, 3.8) is 0 Å². The van der Waals surface area contributed by atoms with Gasteiger partial charge in [0.1, 0.15) is 5.76 Å². The van der Waals surface area contributed by atoms with Crippen LogP contribution in [0, 0.1) is 5.92 Å². The third-order valence-electron chi connectivity index (χ3n) is 3.99. The van der Waals surface area contributed by atoms with Crippen molar-refractivity contribution < 1.29 is 4.74 Å². The summed E-state index contributed by atoms with van der Waals surface area (Å²) in [5, 5.41) is 3.59. The van der Waals surface area contributed by atoms with Crippen LogP contribution in [-0.2, 0) is 4.74 Å². The SMILES string of the molecule is COC1=CC2=CCC[C@@H]3C[C@H](C)NCC1=C23. The molecule has 0 amide bonds. The molecule has 0 bridgehead atoms. The third-order valence-corrected chi connectivity index (χ3v) is 3.99. The first-order valence-electron chi connectivity index (χ1n) is 6.22. The van der Waals surface area contributed by atoms with E-state index < -0.39 is 0 Å². The summed E-state index contributed by atoms with van der Waals surface area (Å²) in [6, 6.07) is 0.619. The number of methoxy groups -OCH3 is 1. The quantitative estimate of drug-likeness (QED) is 0.729. The van der Waals surface area contributed by atoms with Gasteiger partial charge in [0.15, 0.2) is 0 Å². The van der Waals surface area contributed by atoms with E-state index in [0.717, 1.165) is 18.2 Å². The molecule has 2 heteroatoms. The molecular formula is C14H19NO. The molecule has 0 aromatic rings. The molecule has 0 aromatic carbocycles. The van der Waals surface area contributed by atoms with E-state index in [4.69, 9.17) is 4.74 Å². The summed E-state index contributed by atoms with van der Waals surface area (Å²) in [5.41, 5.74) is 4.40. The molecule has 0 spiro atoms. The van der Waals surface area contributed by atoms with Gasteiger partial charge in [0.05, 0.1) is 7.11 Å². The van der Waals surface area contributed by atoms with Crippen molar-refractivity contribution in [2.75, 3.05) is 13.7 Å². The van der Waals surface area contributed by atoms with E-state index in [0.29, 0.717) is 6.04 Å². The fourth-order valence-electron chi connectivity index (χ4n) is 3.23. The number of hydrogen-bond acceptors (Lipinski definition) is 2. The Labute approximate surface area is 97.1 Å². The molecule has 2 nitrogen and oxygen atoms in total. The lowest BCUT2D eigenvalue weighted by Crippen LogP contribution is -2.27. The van der Waals surface area contributed by atoms with Crippen LogP contribution in [0.4, 0.5) is 0 Å². The highest BCUT2D eigenvalue weighted by Crippen LogP contribution is 2.43. The Morgan fingerprint density at radius 3 is 3.12 bits per heavy atom. The normalized spacial score (nSPS) is 32.9.